The zero-order valence-electron chi connectivity index (χ0n) is 11.8. The Hall–Kier alpha value is -1.74. The van der Waals surface area contributed by atoms with Gasteiger partial charge in [0.25, 0.3) is 0 Å². The number of nitrogens with one attached hydrogen (secondary N) is 1. The van der Waals surface area contributed by atoms with Gasteiger partial charge >= 0.3 is 0 Å². The molecule has 2 aromatic heterocycles. The summed E-state index contributed by atoms with van der Waals surface area (Å²) in [6, 6.07) is 1.80. The summed E-state index contributed by atoms with van der Waals surface area (Å²) in [6.45, 7) is 1.10. The van der Waals surface area contributed by atoms with Gasteiger partial charge in [0.05, 0.1) is 12.0 Å². The molecule has 0 aliphatic carbocycles. The van der Waals surface area contributed by atoms with Crippen LogP contribution in [0.15, 0.2) is 18.6 Å². The molecule has 0 spiro atoms. The van der Waals surface area contributed by atoms with Gasteiger partial charge in [-0.2, -0.15) is 0 Å². The summed E-state index contributed by atoms with van der Waals surface area (Å²) in [6.07, 6.45) is 0.255. The normalized spacial score (nSPS) is 32.7. The third kappa shape index (κ3) is 1.99. The van der Waals surface area contributed by atoms with Crippen molar-refractivity contribution in [1.29, 1.82) is 0 Å². The predicted molar refractivity (Wildman–Crippen MR) is 74.7 cm³/mol. The number of aliphatic hydroxyl groups excluding tert-OH is 2. The van der Waals surface area contributed by atoms with E-state index in [4.69, 9.17) is 4.74 Å². The van der Waals surface area contributed by atoms with Gasteiger partial charge in [0, 0.05) is 13.2 Å². The molecule has 4 atom stereocenters. The average Bonchev–Trinajstić information content (AvgIpc) is 2.99. The van der Waals surface area contributed by atoms with Crippen molar-refractivity contribution in [1.82, 2.24) is 14.5 Å². The lowest BCUT2D eigenvalue weighted by Gasteiger charge is -2.27. The van der Waals surface area contributed by atoms with Crippen LogP contribution in [0.4, 0.5) is 5.82 Å². The number of hydrogen-bond donors (Lipinski definition) is 4. The highest BCUT2D eigenvalue weighted by atomic mass is 16.6. The van der Waals surface area contributed by atoms with E-state index < -0.39 is 24.0 Å². The van der Waals surface area contributed by atoms with Crippen LogP contribution in [0.5, 0.6) is 0 Å². The second kappa shape index (κ2) is 4.92. The van der Waals surface area contributed by atoms with E-state index in [1.165, 1.54) is 13.3 Å². The second-order valence-electron chi connectivity index (χ2n) is 5.31. The van der Waals surface area contributed by atoms with Crippen LogP contribution in [-0.2, 0) is 4.74 Å². The van der Waals surface area contributed by atoms with Crippen molar-refractivity contribution in [3.05, 3.63) is 18.6 Å². The fourth-order valence-electron chi connectivity index (χ4n) is 2.75. The second-order valence-corrected chi connectivity index (χ2v) is 5.31. The van der Waals surface area contributed by atoms with Crippen molar-refractivity contribution >= 4 is 16.9 Å². The van der Waals surface area contributed by atoms with Crippen molar-refractivity contribution in [2.45, 2.75) is 31.0 Å². The zero-order chi connectivity index (χ0) is 15.2. The number of aliphatic hydroxyl groups is 3. The molecule has 3 rings (SSSR count). The van der Waals surface area contributed by atoms with Crippen LogP contribution in [-0.4, -0.2) is 61.3 Å². The molecule has 0 amide bonds. The lowest BCUT2D eigenvalue weighted by molar-refractivity contribution is -0.0948. The van der Waals surface area contributed by atoms with Gasteiger partial charge in [0.15, 0.2) is 6.23 Å². The van der Waals surface area contributed by atoms with E-state index in [2.05, 4.69) is 15.3 Å². The summed E-state index contributed by atoms with van der Waals surface area (Å²) >= 11 is 0. The van der Waals surface area contributed by atoms with Crippen molar-refractivity contribution in [3.63, 3.8) is 0 Å². The van der Waals surface area contributed by atoms with E-state index in [0.29, 0.717) is 11.5 Å². The van der Waals surface area contributed by atoms with Crippen molar-refractivity contribution in [2.24, 2.45) is 0 Å². The van der Waals surface area contributed by atoms with E-state index in [-0.39, 0.29) is 6.61 Å². The molecule has 4 unspecified atom stereocenters. The van der Waals surface area contributed by atoms with Gasteiger partial charge in [-0.25, -0.2) is 9.97 Å². The predicted octanol–water partition coefficient (Wildman–Crippen LogP) is -0.525. The molecule has 8 nitrogen and oxygen atoms in total. The van der Waals surface area contributed by atoms with Gasteiger partial charge in [-0.1, -0.05) is 0 Å². The van der Waals surface area contributed by atoms with Gasteiger partial charge in [0.1, 0.15) is 35.6 Å². The molecule has 0 bridgehead atoms. The Kier molecular flexibility index (Phi) is 3.33. The van der Waals surface area contributed by atoms with Crippen LogP contribution in [0.2, 0.25) is 0 Å². The molecule has 1 fully saturated rings. The quantitative estimate of drug-likeness (QED) is 0.602. The third-order valence-corrected chi connectivity index (χ3v) is 3.93. The molecule has 2 aromatic rings. The molecule has 1 saturated heterocycles. The maximum Gasteiger partial charge on any atom is 0.167 e. The van der Waals surface area contributed by atoms with Gasteiger partial charge in [-0.3, -0.25) is 0 Å². The molecular weight excluding hydrogens is 276 g/mol. The molecule has 3 heterocycles. The van der Waals surface area contributed by atoms with Crippen LogP contribution >= 0.6 is 0 Å². The van der Waals surface area contributed by atoms with E-state index >= 15 is 0 Å². The highest BCUT2D eigenvalue weighted by molar-refractivity contribution is 5.87. The third-order valence-electron chi connectivity index (χ3n) is 3.93. The molecule has 114 valence electrons. The summed E-state index contributed by atoms with van der Waals surface area (Å²) in [5.74, 6) is 0.663. The monoisotopic (exact) mass is 294 g/mol. The van der Waals surface area contributed by atoms with E-state index in [0.717, 1.165) is 5.39 Å². The SMILES string of the molecule is CNc1ncnc2c1ccn2C1OC(CO)C(O)C1(C)O. The largest absolute Gasteiger partial charge is 0.394 e. The highest BCUT2D eigenvalue weighted by Gasteiger charge is 2.53. The van der Waals surface area contributed by atoms with Gasteiger partial charge < -0.3 is 29.9 Å². The Labute approximate surface area is 121 Å². The summed E-state index contributed by atoms with van der Waals surface area (Å²) in [7, 11) is 1.76. The zero-order valence-corrected chi connectivity index (χ0v) is 11.8. The van der Waals surface area contributed by atoms with Crippen LogP contribution in [0.3, 0.4) is 0 Å². The van der Waals surface area contributed by atoms with E-state index in [1.54, 1.807) is 23.9 Å². The Morgan fingerprint density at radius 2 is 2.24 bits per heavy atom. The van der Waals surface area contributed by atoms with Crippen molar-refractivity contribution < 1.29 is 20.1 Å². The molecular formula is C13H18N4O4. The molecule has 21 heavy (non-hydrogen) atoms. The van der Waals surface area contributed by atoms with Crippen LogP contribution in [0.1, 0.15) is 13.2 Å². The molecule has 0 saturated carbocycles. The maximum atomic E-state index is 10.5. The van der Waals surface area contributed by atoms with Crippen LogP contribution in [0.25, 0.3) is 11.0 Å². The first-order chi connectivity index (χ1) is 10.0. The summed E-state index contributed by atoms with van der Waals surface area (Å²) in [5.41, 5.74) is -0.963. The molecule has 1 aliphatic rings. The number of nitrogens with zero attached hydrogens (tertiary/aromatic N) is 3. The minimum absolute atomic E-state index is 0.371. The molecule has 4 N–H and O–H groups in total. The lowest BCUT2D eigenvalue weighted by atomic mass is 9.96. The number of rotatable bonds is 3. The van der Waals surface area contributed by atoms with E-state index in [1.807, 2.05) is 0 Å². The first kappa shape index (κ1) is 14.2. The summed E-state index contributed by atoms with van der Waals surface area (Å²) < 4.78 is 7.23. The van der Waals surface area contributed by atoms with Crippen LogP contribution in [0, 0.1) is 0 Å². The average molecular weight is 294 g/mol. The Morgan fingerprint density at radius 3 is 2.86 bits per heavy atom. The Morgan fingerprint density at radius 1 is 1.48 bits per heavy atom. The number of anilines is 1. The number of hydrogen-bond acceptors (Lipinski definition) is 7. The minimum Gasteiger partial charge on any atom is -0.394 e. The van der Waals surface area contributed by atoms with Gasteiger partial charge in [-0.05, 0) is 13.0 Å². The van der Waals surface area contributed by atoms with Crippen LogP contribution < -0.4 is 5.32 Å². The Balaban J connectivity index is 2.09. The summed E-state index contributed by atoms with van der Waals surface area (Å²) in [4.78, 5) is 8.33. The molecule has 0 radical (unpaired) electrons. The first-order valence-corrected chi connectivity index (χ1v) is 6.66. The fourth-order valence-corrected chi connectivity index (χ4v) is 2.75. The maximum absolute atomic E-state index is 10.5. The van der Waals surface area contributed by atoms with Crippen molar-refractivity contribution in [3.8, 4) is 0 Å². The molecule has 8 heteroatoms. The first-order valence-electron chi connectivity index (χ1n) is 6.66. The Bertz CT molecular complexity index is 657. The standard InChI is InChI=1S/C13H18N4O4/c1-13(20)9(19)8(5-18)21-12(13)17-4-3-7-10(14-2)15-6-16-11(7)17/h3-4,6,8-9,12,18-20H,5H2,1-2H3,(H,14,15,16). The molecule has 1 aliphatic heterocycles. The topological polar surface area (TPSA) is 113 Å². The fraction of sp³-hybridized carbons (Fsp3) is 0.538. The highest BCUT2D eigenvalue weighted by Crippen LogP contribution is 2.39. The smallest absolute Gasteiger partial charge is 0.167 e. The summed E-state index contributed by atoms with van der Waals surface area (Å²) in [5, 5.41) is 33.6. The van der Waals surface area contributed by atoms with Gasteiger partial charge in [0.2, 0.25) is 0 Å². The van der Waals surface area contributed by atoms with Crippen molar-refractivity contribution in [2.75, 3.05) is 19.0 Å². The number of aromatic nitrogens is 3. The van der Waals surface area contributed by atoms with E-state index in [9.17, 15) is 15.3 Å². The minimum atomic E-state index is -1.54. The lowest BCUT2D eigenvalue weighted by Crippen LogP contribution is -2.44. The number of ether oxygens (including phenoxy) is 1. The number of fused-ring (bicyclic) bond motifs is 1. The molecule has 0 aromatic carbocycles. The van der Waals surface area contributed by atoms with Gasteiger partial charge in [-0.15, -0.1) is 0 Å².